The van der Waals surface area contributed by atoms with Gasteiger partial charge in [-0.1, -0.05) is 53.4 Å². The van der Waals surface area contributed by atoms with Crippen LogP contribution in [0.15, 0.2) is 89.3 Å². The Morgan fingerprint density at radius 1 is 1.13 bits per heavy atom. The van der Waals surface area contributed by atoms with Crippen LogP contribution in [0.2, 0.25) is 5.02 Å². The number of amides is 1. The van der Waals surface area contributed by atoms with Gasteiger partial charge in [-0.3, -0.25) is 9.78 Å². The minimum absolute atomic E-state index is 0.0870. The molecule has 1 atom stereocenters. The molecule has 8 nitrogen and oxygen atoms in total. The van der Waals surface area contributed by atoms with Gasteiger partial charge in [-0.2, -0.15) is 0 Å². The zero-order chi connectivity index (χ0) is 27.0. The first-order valence-corrected chi connectivity index (χ1v) is 14.3. The largest absolute Gasteiger partial charge is 0.486 e. The van der Waals surface area contributed by atoms with Gasteiger partial charge >= 0.3 is 0 Å². The molecule has 1 amide bonds. The first kappa shape index (κ1) is 26.8. The summed E-state index contributed by atoms with van der Waals surface area (Å²) in [5.41, 5.74) is 4.22. The maximum atomic E-state index is 12.5. The van der Waals surface area contributed by atoms with Crippen molar-refractivity contribution in [1.82, 2.24) is 19.9 Å². The molecule has 0 saturated heterocycles. The maximum Gasteiger partial charge on any atom is 0.229 e. The average molecular weight is 562 g/mol. The van der Waals surface area contributed by atoms with E-state index in [1.807, 2.05) is 42.5 Å². The SMILES string of the molecule is O=C(CS1=CCc2c1n(Cc1ccccc1)cnc2=Nc1ccc(OCc2ccccn2)c(Cl)c1)NCCO. The molecule has 0 aliphatic carbocycles. The summed E-state index contributed by atoms with van der Waals surface area (Å²) in [4.78, 5) is 26.3. The Hall–Kier alpha value is -3.79. The van der Waals surface area contributed by atoms with Gasteiger partial charge in [0.25, 0.3) is 0 Å². The van der Waals surface area contributed by atoms with Crippen molar-refractivity contribution in [3.05, 3.63) is 107 Å². The lowest BCUT2D eigenvalue weighted by atomic mass is 10.2. The van der Waals surface area contributed by atoms with E-state index in [1.54, 1.807) is 24.7 Å². The lowest BCUT2D eigenvalue weighted by Crippen LogP contribution is -2.28. The zero-order valence-corrected chi connectivity index (χ0v) is 22.7. The van der Waals surface area contributed by atoms with E-state index in [0.29, 0.717) is 47.3 Å². The summed E-state index contributed by atoms with van der Waals surface area (Å²) in [5, 5.41) is 15.5. The number of carbonyl (C=O) groups is 1. The molecule has 5 rings (SSSR count). The standard InChI is InChI=1S/C29H28ClN5O3S/c30-25-16-22(9-10-26(25)38-18-23-8-4-5-12-31-23)34-28-24-11-15-39(19-27(37)32-13-14-36)29(24)35(20-33-28)17-21-6-2-1-3-7-21/h1-10,12,15-16,20,36H,11,13-14,17-19H2,(H,32,37). The Morgan fingerprint density at radius 2 is 1.97 bits per heavy atom. The van der Waals surface area contributed by atoms with Crippen molar-refractivity contribution < 1.29 is 14.6 Å². The van der Waals surface area contributed by atoms with Crippen LogP contribution >= 0.6 is 22.1 Å². The normalized spacial score (nSPS) is 14.5. The van der Waals surface area contributed by atoms with Crippen LogP contribution in [0.5, 0.6) is 5.75 Å². The van der Waals surface area contributed by atoms with Gasteiger partial charge in [0.1, 0.15) is 12.4 Å². The highest BCUT2D eigenvalue weighted by molar-refractivity contribution is 8.15. The summed E-state index contributed by atoms with van der Waals surface area (Å²) in [6.07, 6.45) is 4.18. The molecule has 39 heavy (non-hydrogen) atoms. The average Bonchev–Trinajstić information content (AvgIpc) is 3.38. The summed E-state index contributed by atoms with van der Waals surface area (Å²) < 4.78 is 7.95. The molecule has 1 aliphatic rings. The number of pyridine rings is 1. The summed E-state index contributed by atoms with van der Waals surface area (Å²) in [6, 6.07) is 21.2. The number of carbonyl (C=O) groups excluding carboxylic acids is 1. The van der Waals surface area contributed by atoms with Crippen LogP contribution in [0.3, 0.4) is 0 Å². The Kier molecular flexibility index (Phi) is 8.82. The van der Waals surface area contributed by atoms with Crippen molar-refractivity contribution >= 4 is 39.0 Å². The first-order chi connectivity index (χ1) is 19.1. The molecule has 0 fully saturated rings. The second kappa shape index (κ2) is 12.8. The number of aliphatic hydroxyl groups is 1. The molecule has 2 aromatic carbocycles. The fourth-order valence-electron chi connectivity index (χ4n) is 4.21. The lowest BCUT2D eigenvalue weighted by molar-refractivity contribution is -0.118. The molecule has 3 heterocycles. The number of hydrogen-bond acceptors (Lipinski definition) is 6. The van der Waals surface area contributed by atoms with E-state index in [2.05, 4.69) is 32.4 Å². The highest BCUT2D eigenvalue weighted by atomic mass is 35.5. The minimum atomic E-state index is -0.426. The molecular formula is C29H28ClN5O3S. The highest BCUT2D eigenvalue weighted by Crippen LogP contribution is 2.34. The number of benzene rings is 2. The van der Waals surface area contributed by atoms with Crippen molar-refractivity contribution in [2.24, 2.45) is 4.99 Å². The molecule has 0 saturated carbocycles. The number of hydrogen-bond donors (Lipinski definition) is 2. The number of aromatic nitrogens is 3. The topological polar surface area (TPSA) is 102 Å². The Labute approximate surface area is 233 Å². The number of aliphatic hydroxyl groups excluding tert-OH is 1. The third-order valence-corrected chi connectivity index (χ3v) is 8.43. The van der Waals surface area contributed by atoms with E-state index < -0.39 is 10.5 Å². The van der Waals surface area contributed by atoms with Gasteiger partial charge in [-0.15, -0.1) is 10.5 Å². The van der Waals surface area contributed by atoms with Gasteiger partial charge in [0.2, 0.25) is 5.91 Å². The molecule has 0 radical (unpaired) electrons. The third-order valence-electron chi connectivity index (χ3n) is 6.01. The molecule has 200 valence electrons. The summed E-state index contributed by atoms with van der Waals surface area (Å²) in [7, 11) is -0.426. The van der Waals surface area contributed by atoms with Crippen molar-refractivity contribution in [2.45, 2.75) is 24.6 Å². The number of halogens is 1. The van der Waals surface area contributed by atoms with Crippen LogP contribution in [0.4, 0.5) is 5.69 Å². The maximum absolute atomic E-state index is 12.5. The van der Waals surface area contributed by atoms with E-state index in [4.69, 9.17) is 31.4 Å². The molecule has 1 unspecified atom stereocenters. The van der Waals surface area contributed by atoms with Crippen molar-refractivity contribution in [3.63, 3.8) is 0 Å². The van der Waals surface area contributed by atoms with Crippen LogP contribution < -0.4 is 15.5 Å². The fraction of sp³-hybridized carbons (Fsp3) is 0.207. The van der Waals surface area contributed by atoms with E-state index in [-0.39, 0.29) is 19.1 Å². The van der Waals surface area contributed by atoms with Gasteiger partial charge < -0.3 is 19.7 Å². The Balaban J connectivity index is 1.44. The molecule has 1 aliphatic heterocycles. The Bertz CT molecular complexity index is 1560. The smallest absolute Gasteiger partial charge is 0.229 e. The van der Waals surface area contributed by atoms with Crippen LogP contribution in [-0.4, -0.2) is 49.8 Å². The van der Waals surface area contributed by atoms with Gasteiger partial charge in [0.05, 0.1) is 40.1 Å². The van der Waals surface area contributed by atoms with Crippen molar-refractivity contribution in [3.8, 4) is 5.75 Å². The van der Waals surface area contributed by atoms with E-state index in [1.165, 1.54) is 0 Å². The number of rotatable bonds is 10. The second-order valence-electron chi connectivity index (χ2n) is 8.82. The summed E-state index contributed by atoms with van der Waals surface area (Å²) in [6.45, 7) is 1.11. The molecule has 0 bridgehead atoms. The van der Waals surface area contributed by atoms with E-state index >= 15 is 0 Å². The van der Waals surface area contributed by atoms with Crippen LogP contribution in [-0.2, 0) is 24.4 Å². The molecule has 4 aromatic rings. The molecule has 2 N–H and O–H groups in total. The lowest BCUT2D eigenvalue weighted by Gasteiger charge is -2.16. The zero-order valence-electron chi connectivity index (χ0n) is 21.2. The molecule has 2 aromatic heterocycles. The number of nitrogens with zero attached hydrogens (tertiary/aromatic N) is 4. The van der Waals surface area contributed by atoms with Crippen LogP contribution in [0.25, 0.3) is 0 Å². The highest BCUT2D eigenvalue weighted by Gasteiger charge is 2.21. The molecule has 10 heteroatoms. The summed E-state index contributed by atoms with van der Waals surface area (Å²) in [5.74, 6) is 0.780. The second-order valence-corrected chi connectivity index (χ2v) is 11.1. The number of ether oxygens (including phenoxy) is 1. The van der Waals surface area contributed by atoms with Crippen molar-refractivity contribution in [1.29, 1.82) is 0 Å². The monoisotopic (exact) mass is 561 g/mol. The summed E-state index contributed by atoms with van der Waals surface area (Å²) >= 11 is 6.52. The molecular weight excluding hydrogens is 534 g/mol. The van der Waals surface area contributed by atoms with Gasteiger partial charge in [-0.05, 0) is 35.9 Å². The van der Waals surface area contributed by atoms with Crippen molar-refractivity contribution in [2.75, 3.05) is 18.9 Å². The Morgan fingerprint density at radius 3 is 2.74 bits per heavy atom. The van der Waals surface area contributed by atoms with Crippen LogP contribution in [0, 0.1) is 0 Å². The van der Waals surface area contributed by atoms with E-state index in [0.717, 1.165) is 21.8 Å². The van der Waals surface area contributed by atoms with Crippen LogP contribution in [0.1, 0.15) is 16.8 Å². The van der Waals surface area contributed by atoms with Gasteiger partial charge in [-0.25, -0.2) is 9.98 Å². The quantitative estimate of drug-likeness (QED) is 0.226. The third kappa shape index (κ3) is 6.81. The fourth-order valence-corrected chi connectivity index (χ4v) is 6.51. The minimum Gasteiger partial charge on any atom is -0.486 e. The first-order valence-electron chi connectivity index (χ1n) is 12.5. The number of nitrogens with one attached hydrogen (secondary N) is 1. The number of fused-ring (bicyclic) bond motifs is 1. The molecule has 0 spiro atoms. The van der Waals surface area contributed by atoms with Gasteiger partial charge in [0.15, 0.2) is 5.49 Å². The predicted octanol–water partition coefficient (Wildman–Crippen LogP) is 3.89. The van der Waals surface area contributed by atoms with Gasteiger partial charge in [0, 0.05) is 31.3 Å². The predicted molar refractivity (Wildman–Crippen MR) is 154 cm³/mol. The van der Waals surface area contributed by atoms with E-state index in [9.17, 15) is 4.79 Å².